The number of ether oxygens (including phenoxy) is 1. The lowest BCUT2D eigenvalue weighted by Gasteiger charge is -2.28. The van der Waals surface area contributed by atoms with E-state index in [1.807, 2.05) is 51.1 Å². The normalized spacial score (nSPS) is 22.3. The second-order valence-corrected chi connectivity index (χ2v) is 7.26. The molecule has 1 saturated heterocycles. The molecule has 5 heteroatoms. The van der Waals surface area contributed by atoms with Gasteiger partial charge in [-0.15, -0.1) is 0 Å². The van der Waals surface area contributed by atoms with Crippen molar-refractivity contribution >= 4 is 11.8 Å². The number of anilines is 1. The smallest absolute Gasteiger partial charge is 0.410 e. The van der Waals surface area contributed by atoms with Crippen molar-refractivity contribution in [2.24, 2.45) is 0 Å². The van der Waals surface area contributed by atoms with Crippen molar-refractivity contribution in [3.05, 3.63) is 30.3 Å². The molecule has 1 fully saturated rings. The third kappa shape index (κ3) is 5.75. The van der Waals surface area contributed by atoms with Gasteiger partial charge in [0.2, 0.25) is 0 Å². The molecule has 128 valence electrons. The Labute approximate surface area is 138 Å². The van der Waals surface area contributed by atoms with E-state index in [0.29, 0.717) is 32.5 Å². The largest absolute Gasteiger partial charge is 0.444 e. The number of hydrogen-bond donors (Lipinski definition) is 2. The third-order valence-electron chi connectivity index (χ3n) is 3.96. The Balaban J connectivity index is 1.88. The van der Waals surface area contributed by atoms with Crippen LogP contribution >= 0.6 is 0 Å². The monoisotopic (exact) mass is 320 g/mol. The van der Waals surface area contributed by atoms with Crippen molar-refractivity contribution in [3.8, 4) is 0 Å². The second kappa shape index (κ2) is 7.21. The van der Waals surface area contributed by atoms with Gasteiger partial charge in [0, 0.05) is 25.3 Å². The Morgan fingerprint density at radius 1 is 1.26 bits per heavy atom. The van der Waals surface area contributed by atoms with Crippen LogP contribution in [0.4, 0.5) is 10.5 Å². The number of amides is 1. The maximum atomic E-state index is 12.2. The van der Waals surface area contributed by atoms with Crippen molar-refractivity contribution in [2.45, 2.75) is 51.2 Å². The number of benzene rings is 1. The highest BCUT2D eigenvalue weighted by Gasteiger charge is 2.32. The minimum atomic E-state index is -0.799. The number of hydrogen-bond acceptors (Lipinski definition) is 4. The molecule has 1 amide bonds. The molecule has 1 unspecified atom stereocenters. The zero-order valence-electron chi connectivity index (χ0n) is 14.3. The number of nitrogens with zero attached hydrogens (tertiary/aromatic N) is 1. The summed E-state index contributed by atoms with van der Waals surface area (Å²) in [5, 5.41) is 14.1. The summed E-state index contributed by atoms with van der Waals surface area (Å²) < 4.78 is 5.42. The molecule has 0 saturated carbocycles. The first-order valence-corrected chi connectivity index (χ1v) is 8.27. The molecule has 1 heterocycles. The summed E-state index contributed by atoms with van der Waals surface area (Å²) in [6.45, 7) is 7.22. The molecule has 23 heavy (non-hydrogen) atoms. The first-order valence-electron chi connectivity index (χ1n) is 8.27. The first kappa shape index (κ1) is 17.6. The molecule has 0 radical (unpaired) electrons. The van der Waals surface area contributed by atoms with Crippen LogP contribution in [0.5, 0.6) is 0 Å². The molecule has 1 aromatic carbocycles. The number of carbonyl (C=O) groups is 1. The quantitative estimate of drug-likeness (QED) is 0.897. The predicted molar refractivity (Wildman–Crippen MR) is 91.5 cm³/mol. The number of aliphatic hydroxyl groups is 1. The van der Waals surface area contributed by atoms with Gasteiger partial charge in [0.15, 0.2) is 0 Å². The summed E-state index contributed by atoms with van der Waals surface area (Å²) in [4.78, 5) is 13.9. The van der Waals surface area contributed by atoms with Gasteiger partial charge in [-0.2, -0.15) is 0 Å². The van der Waals surface area contributed by atoms with Gasteiger partial charge in [-0.25, -0.2) is 4.79 Å². The van der Waals surface area contributed by atoms with E-state index in [0.717, 1.165) is 12.1 Å². The van der Waals surface area contributed by atoms with Gasteiger partial charge < -0.3 is 20.1 Å². The summed E-state index contributed by atoms with van der Waals surface area (Å²) in [5.74, 6) is 0. The Kier molecular flexibility index (Phi) is 5.52. The minimum Gasteiger partial charge on any atom is -0.444 e. The molecule has 2 rings (SSSR count). The summed E-state index contributed by atoms with van der Waals surface area (Å²) in [6, 6.07) is 9.85. The number of carbonyl (C=O) groups excluding carboxylic acids is 1. The van der Waals surface area contributed by atoms with E-state index in [2.05, 4.69) is 5.32 Å². The highest BCUT2D eigenvalue weighted by atomic mass is 16.6. The highest BCUT2D eigenvalue weighted by Crippen LogP contribution is 2.24. The van der Waals surface area contributed by atoms with Crippen molar-refractivity contribution in [1.29, 1.82) is 0 Å². The summed E-state index contributed by atoms with van der Waals surface area (Å²) in [7, 11) is 0. The molecular formula is C18H28N2O3. The van der Waals surface area contributed by atoms with Crippen LogP contribution in [-0.2, 0) is 4.74 Å². The molecule has 2 N–H and O–H groups in total. The van der Waals surface area contributed by atoms with E-state index in [9.17, 15) is 9.90 Å². The van der Waals surface area contributed by atoms with Crippen molar-refractivity contribution in [3.63, 3.8) is 0 Å². The Morgan fingerprint density at radius 2 is 1.96 bits per heavy atom. The predicted octanol–water partition coefficient (Wildman–Crippen LogP) is 3.25. The van der Waals surface area contributed by atoms with Gasteiger partial charge >= 0.3 is 6.09 Å². The van der Waals surface area contributed by atoms with Crippen molar-refractivity contribution in [1.82, 2.24) is 4.90 Å². The fraction of sp³-hybridized carbons (Fsp3) is 0.611. The van der Waals surface area contributed by atoms with E-state index in [1.54, 1.807) is 4.90 Å². The average molecular weight is 320 g/mol. The maximum Gasteiger partial charge on any atom is 0.410 e. The van der Waals surface area contributed by atoms with Crippen LogP contribution in [0, 0.1) is 0 Å². The topological polar surface area (TPSA) is 61.8 Å². The molecular weight excluding hydrogens is 292 g/mol. The molecule has 1 aliphatic rings. The van der Waals surface area contributed by atoms with Gasteiger partial charge in [-0.1, -0.05) is 18.2 Å². The van der Waals surface area contributed by atoms with Crippen LogP contribution in [0.25, 0.3) is 0 Å². The summed E-state index contributed by atoms with van der Waals surface area (Å²) in [6.07, 6.45) is 1.70. The Bertz CT molecular complexity index is 513. The minimum absolute atomic E-state index is 0.294. The lowest BCUT2D eigenvalue weighted by atomic mass is 9.95. The van der Waals surface area contributed by atoms with Crippen LogP contribution in [0.15, 0.2) is 30.3 Å². The van der Waals surface area contributed by atoms with E-state index in [4.69, 9.17) is 4.74 Å². The SMILES string of the molecule is CC(C)(C)OC(=O)N1CCCC(O)(CNc2ccccc2)CC1. The van der Waals surface area contributed by atoms with Crippen LogP contribution in [0.2, 0.25) is 0 Å². The standard InChI is InChI=1S/C18H28N2O3/c1-17(2,3)23-16(21)20-12-7-10-18(22,11-13-20)14-19-15-8-5-4-6-9-15/h4-6,8-9,19,22H,7,10-14H2,1-3H3. The molecule has 0 aromatic heterocycles. The number of nitrogens with one attached hydrogen (secondary N) is 1. The average Bonchev–Trinajstić information content (AvgIpc) is 2.67. The van der Waals surface area contributed by atoms with Gasteiger partial charge in [0.1, 0.15) is 5.60 Å². The first-order chi connectivity index (χ1) is 10.8. The molecule has 1 atom stereocenters. The van der Waals surface area contributed by atoms with Gasteiger partial charge in [-0.3, -0.25) is 0 Å². The number of rotatable bonds is 3. The summed E-state index contributed by atoms with van der Waals surface area (Å²) >= 11 is 0. The van der Waals surface area contributed by atoms with E-state index in [-0.39, 0.29) is 6.09 Å². The Hall–Kier alpha value is -1.75. The number of para-hydroxylation sites is 1. The second-order valence-electron chi connectivity index (χ2n) is 7.26. The molecule has 1 aliphatic heterocycles. The number of likely N-dealkylation sites (tertiary alicyclic amines) is 1. The van der Waals surface area contributed by atoms with Gasteiger partial charge in [0.05, 0.1) is 5.60 Å². The molecule has 5 nitrogen and oxygen atoms in total. The molecule has 1 aromatic rings. The highest BCUT2D eigenvalue weighted by molar-refractivity contribution is 5.68. The fourth-order valence-electron chi connectivity index (χ4n) is 2.69. The lowest BCUT2D eigenvalue weighted by Crippen LogP contribution is -2.40. The zero-order chi connectivity index (χ0) is 16.9. The molecule has 0 bridgehead atoms. The van der Waals surface area contributed by atoms with Crippen LogP contribution in [0.1, 0.15) is 40.0 Å². The summed E-state index contributed by atoms with van der Waals surface area (Å²) in [5.41, 5.74) is -0.296. The fourth-order valence-corrected chi connectivity index (χ4v) is 2.69. The van der Waals surface area contributed by atoms with Gasteiger partial charge in [-0.05, 0) is 52.2 Å². The molecule has 0 spiro atoms. The zero-order valence-corrected chi connectivity index (χ0v) is 14.3. The van der Waals surface area contributed by atoms with Crippen LogP contribution in [-0.4, -0.2) is 46.9 Å². The van der Waals surface area contributed by atoms with Gasteiger partial charge in [0.25, 0.3) is 0 Å². The lowest BCUT2D eigenvalue weighted by molar-refractivity contribution is 0.0198. The van der Waals surface area contributed by atoms with E-state index in [1.165, 1.54) is 0 Å². The van der Waals surface area contributed by atoms with Crippen LogP contribution < -0.4 is 5.32 Å². The van der Waals surface area contributed by atoms with E-state index >= 15 is 0 Å². The van der Waals surface area contributed by atoms with Crippen molar-refractivity contribution < 1.29 is 14.6 Å². The van der Waals surface area contributed by atoms with Crippen molar-refractivity contribution in [2.75, 3.05) is 25.0 Å². The molecule has 0 aliphatic carbocycles. The maximum absolute atomic E-state index is 12.2. The third-order valence-corrected chi connectivity index (χ3v) is 3.96. The van der Waals surface area contributed by atoms with Crippen LogP contribution in [0.3, 0.4) is 0 Å². The Morgan fingerprint density at radius 3 is 2.61 bits per heavy atom. The van der Waals surface area contributed by atoms with E-state index < -0.39 is 11.2 Å².